The van der Waals surface area contributed by atoms with Crippen LogP contribution in [0.3, 0.4) is 0 Å². The van der Waals surface area contributed by atoms with Gasteiger partial charge in [0, 0.05) is 6.54 Å². The van der Waals surface area contributed by atoms with Crippen LogP contribution in [0.5, 0.6) is 0 Å². The lowest BCUT2D eigenvalue weighted by Gasteiger charge is -2.29. The maximum absolute atomic E-state index is 13.6. The summed E-state index contributed by atoms with van der Waals surface area (Å²) in [5, 5.41) is 0. The molecule has 134 valence electrons. The van der Waals surface area contributed by atoms with Crippen LogP contribution in [0.1, 0.15) is 60.2 Å². The third-order valence-corrected chi connectivity index (χ3v) is 4.37. The Labute approximate surface area is 140 Å². The van der Waals surface area contributed by atoms with Crippen molar-refractivity contribution in [3.63, 3.8) is 0 Å². The molecular formula is C18H24F3NO2. The molecule has 1 fully saturated rings. The van der Waals surface area contributed by atoms with Gasteiger partial charge in [0.25, 0.3) is 0 Å². The molecule has 0 unspecified atom stereocenters. The van der Waals surface area contributed by atoms with Crippen molar-refractivity contribution in [1.82, 2.24) is 4.90 Å². The van der Waals surface area contributed by atoms with E-state index in [9.17, 15) is 18.0 Å². The van der Waals surface area contributed by atoms with E-state index >= 15 is 0 Å². The fraction of sp³-hybridized carbons (Fsp3) is 0.611. The third-order valence-electron chi connectivity index (χ3n) is 4.37. The van der Waals surface area contributed by atoms with E-state index in [2.05, 4.69) is 4.90 Å². The molecule has 1 aliphatic heterocycles. The number of ether oxygens (including phenoxy) is 1. The molecule has 0 atom stereocenters. The second kappa shape index (κ2) is 8.01. The summed E-state index contributed by atoms with van der Waals surface area (Å²) in [6.07, 6.45) is -0.879. The molecule has 1 aromatic rings. The molecule has 0 saturated carbocycles. The van der Waals surface area contributed by atoms with E-state index in [1.807, 2.05) is 6.92 Å². The molecule has 1 saturated heterocycles. The standard InChI is InChI=1S/C18H24F3NO2/c1-3-13-10-14(17(23)24-4-2)11-16(18(19,20)21)15(13)12-22-8-6-5-7-9-22/h10-11H,3-9,12H2,1-2H3. The number of nitrogens with zero attached hydrogens (tertiary/aromatic N) is 1. The Balaban J connectivity index is 2.44. The van der Waals surface area contributed by atoms with Gasteiger partial charge in [-0.1, -0.05) is 13.3 Å². The molecule has 24 heavy (non-hydrogen) atoms. The summed E-state index contributed by atoms with van der Waals surface area (Å²) in [7, 11) is 0. The monoisotopic (exact) mass is 343 g/mol. The number of piperidine rings is 1. The quantitative estimate of drug-likeness (QED) is 0.741. The van der Waals surface area contributed by atoms with E-state index in [1.165, 1.54) is 0 Å². The smallest absolute Gasteiger partial charge is 0.416 e. The van der Waals surface area contributed by atoms with Crippen molar-refractivity contribution in [2.75, 3.05) is 19.7 Å². The van der Waals surface area contributed by atoms with Gasteiger partial charge in [0.1, 0.15) is 0 Å². The Kier molecular flexibility index (Phi) is 6.27. The summed E-state index contributed by atoms with van der Waals surface area (Å²) in [6.45, 7) is 5.50. The summed E-state index contributed by atoms with van der Waals surface area (Å²) < 4.78 is 45.6. The summed E-state index contributed by atoms with van der Waals surface area (Å²) in [4.78, 5) is 14.0. The molecule has 1 heterocycles. The van der Waals surface area contributed by atoms with Gasteiger partial charge in [0.05, 0.1) is 17.7 Å². The summed E-state index contributed by atoms with van der Waals surface area (Å²) >= 11 is 0. The molecule has 0 radical (unpaired) electrons. The minimum absolute atomic E-state index is 0.0246. The van der Waals surface area contributed by atoms with Crippen LogP contribution in [-0.4, -0.2) is 30.6 Å². The molecule has 0 aliphatic carbocycles. The highest BCUT2D eigenvalue weighted by Gasteiger charge is 2.36. The number of likely N-dealkylation sites (tertiary alicyclic amines) is 1. The third kappa shape index (κ3) is 4.50. The van der Waals surface area contributed by atoms with Gasteiger partial charge in [-0.3, -0.25) is 4.90 Å². The maximum Gasteiger partial charge on any atom is 0.416 e. The fourth-order valence-electron chi connectivity index (χ4n) is 3.16. The average Bonchev–Trinajstić information content (AvgIpc) is 2.55. The van der Waals surface area contributed by atoms with E-state index in [1.54, 1.807) is 13.0 Å². The van der Waals surface area contributed by atoms with E-state index in [4.69, 9.17) is 4.74 Å². The Hall–Kier alpha value is -1.56. The molecule has 3 nitrogen and oxygen atoms in total. The van der Waals surface area contributed by atoms with Gasteiger partial charge in [0.2, 0.25) is 0 Å². The van der Waals surface area contributed by atoms with Crippen molar-refractivity contribution in [2.45, 2.75) is 52.3 Å². The first-order valence-corrected chi connectivity index (χ1v) is 8.49. The molecule has 6 heteroatoms. The lowest BCUT2D eigenvalue weighted by atomic mass is 9.94. The van der Waals surface area contributed by atoms with Gasteiger partial charge in [-0.05, 0) is 62.5 Å². The highest BCUT2D eigenvalue weighted by Crippen LogP contribution is 2.36. The van der Waals surface area contributed by atoms with Crippen molar-refractivity contribution >= 4 is 5.97 Å². The van der Waals surface area contributed by atoms with Gasteiger partial charge >= 0.3 is 12.1 Å². The predicted octanol–water partition coefficient (Wildman–Crippen LogP) is 4.43. The topological polar surface area (TPSA) is 29.5 Å². The molecule has 0 amide bonds. The number of benzene rings is 1. The van der Waals surface area contributed by atoms with Gasteiger partial charge in [0.15, 0.2) is 0 Å². The second-order valence-corrected chi connectivity index (χ2v) is 6.07. The Bertz CT molecular complexity index is 578. The zero-order valence-electron chi connectivity index (χ0n) is 14.2. The number of carbonyl (C=O) groups is 1. The van der Waals surface area contributed by atoms with Crippen LogP contribution >= 0.6 is 0 Å². The fourth-order valence-corrected chi connectivity index (χ4v) is 3.16. The molecule has 1 aliphatic rings. The van der Waals surface area contributed by atoms with Crippen LogP contribution in [0.15, 0.2) is 12.1 Å². The average molecular weight is 343 g/mol. The minimum Gasteiger partial charge on any atom is -0.462 e. The van der Waals surface area contributed by atoms with Crippen LogP contribution in [0, 0.1) is 0 Å². The number of alkyl halides is 3. The number of aryl methyl sites for hydroxylation is 1. The van der Waals surface area contributed by atoms with Gasteiger partial charge in [-0.2, -0.15) is 13.2 Å². The molecule has 2 rings (SSSR count). The predicted molar refractivity (Wildman–Crippen MR) is 85.9 cm³/mol. The second-order valence-electron chi connectivity index (χ2n) is 6.07. The van der Waals surface area contributed by atoms with E-state index < -0.39 is 17.7 Å². The Morgan fingerprint density at radius 2 is 1.83 bits per heavy atom. The number of esters is 1. The first-order chi connectivity index (χ1) is 11.4. The van der Waals surface area contributed by atoms with Crippen molar-refractivity contribution in [3.05, 3.63) is 34.4 Å². The number of hydrogen-bond donors (Lipinski definition) is 0. The van der Waals surface area contributed by atoms with Gasteiger partial charge in [-0.15, -0.1) is 0 Å². The van der Waals surface area contributed by atoms with Crippen molar-refractivity contribution < 1.29 is 22.7 Å². The molecule has 1 aromatic carbocycles. The molecule has 0 bridgehead atoms. The number of hydrogen-bond acceptors (Lipinski definition) is 3. The minimum atomic E-state index is -4.49. The summed E-state index contributed by atoms with van der Waals surface area (Å²) in [5.41, 5.74) is 0.122. The van der Waals surface area contributed by atoms with Crippen LogP contribution in [0.25, 0.3) is 0 Å². The Morgan fingerprint density at radius 3 is 2.38 bits per heavy atom. The molecule has 0 spiro atoms. The highest BCUT2D eigenvalue weighted by molar-refractivity contribution is 5.90. The normalized spacial score (nSPS) is 16.2. The van der Waals surface area contributed by atoms with E-state index in [-0.39, 0.29) is 18.7 Å². The first-order valence-electron chi connectivity index (χ1n) is 8.49. The van der Waals surface area contributed by atoms with Crippen LogP contribution in [0.2, 0.25) is 0 Å². The SMILES string of the molecule is CCOC(=O)c1cc(CC)c(CN2CCCCC2)c(C(F)(F)F)c1. The number of carbonyl (C=O) groups excluding carboxylic acids is 1. The summed E-state index contributed by atoms with van der Waals surface area (Å²) in [6, 6.07) is 2.49. The molecule has 0 N–H and O–H groups in total. The van der Waals surface area contributed by atoms with E-state index in [0.29, 0.717) is 17.5 Å². The Morgan fingerprint density at radius 1 is 1.17 bits per heavy atom. The lowest BCUT2D eigenvalue weighted by Crippen LogP contribution is -2.31. The van der Waals surface area contributed by atoms with Gasteiger partial charge in [-0.25, -0.2) is 4.79 Å². The van der Waals surface area contributed by atoms with Crippen LogP contribution in [0.4, 0.5) is 13.2 Å². The number of rotatable bonds is 5. The van der Waals surface area contributed by atoms with Gasteiger partial charge < -0.3 is 4.74 Å². The summed E-state index contributed by atoms with van der Waals surface area (Å²) in [5.74, 6) is -0.706. The van der Waals surface area contributed by atoms with Crippen LogP contribution < -0.4 is 0 Å². The van der Waals surface area contributed by atoms with Crippen LogP contribution in [-0.2, 0) is 23.9 Å². The largest absolute Gasteiger partial charge is 0.462 e. The first kappa shape index (κ1) is 18.8. The van der Waals surface area contributed by atoms with Crippen molar-refractivity contribution in [3.8, 4) is 0 Å². The van der Waals surface area contributed by atoms with Crippen molar-refractivity contribution in [1.29, 1.82) is 0 Å². The zero-order valence-corrected chi connectivity index (χ0v) is 14.2. The zero-order chi connectivity index (χ0) is 17.7. The maximum atomic E-state index is 13.6. The lowest BCUT2D eigenvalue weighted by molar-refractivity contribution is -0.138. The molecular weight excluding hydrogens is 319 g/mol. The highest BCUT2D eigenvalue weighted by atomic mass is 19.4. The van der Waals surface area contributed by atoms with Crippen molar-refractivity contribution in [2.24, 2.45) is 0 Å². The molecule has 0 aromatic heterocycles. The number of halogens is 3. The van der Waals surface area contributed by atoms with E-state index in [0.717, 1.165) is 38.4 Å².